The molecule has 2 aliphatic rings. The zero-order valence-corrected chi connectivity index (χ0v) is 12.0. The second-order valence-electron chi connectivity index (χ2n) is 6.81. The Kier molecular flexibility index (Phi) is 3.97. The van der Waals surface area contributed by atoms with Crippen molar-refractivity contribution in [2.75, 3.05) is 26.2 Å². The first-order valence-electron chi connectivity index (χ1n) is 7.18. The highest BCUT2D eigenvalue weighted by Crippen LogP contribution is 2.24. The van der Waals surface area contributed by atoms with Gasteiger partial charge in [0.15, 0.2) is 0 Å². The Labute approximate surface area is 110 Å². The zero-order chi connectivity index (χ0) is 13.3. The van der Waals surface area contributed by atoms with Crippen molar-refractivity contribution in [3.63, 3.8) is 0 Å². The summed E-state index contributed by atoms with van der Waals surface area (Å²) >= 11 is 0. The van der Waals surface area contributed by atoms with Gasteiger partial charge < -0.3 is 10.6 Å². The Morgan fingerprint density at radius 2 is 1.94 bits per heavy atom. The summed E-state index contributed by atoms with van der Waals surface area (Å²) in [5, 5.41) is 0. The highest BCUT2D eigenvalue weighted by atomic mass is 16.2. The number of hydrogen-bond acceptors (Lipinski definition) is 3. The van der Waals surface area contributed by atoms with Crippen LogP contribution in [0.5, 0.6) is 0 Å². The van der Waals surface area contributed by atoms with E-state index in [4.69, 9.17) is 5.73 Å². The molecule has 1 unspecified atom stereocenters. The van der Waals surface area contributed by atoms with Gasteiger partial charge in [-0.25, -0.2) is 0 Å². The molecule has 2 N–H and O–H groups in total. The average molecular weight is 253 g/mol. The van der Waals surface area contributed by atoms with Crippen molar-refractivity contribution in [1.29, 1.82) is 0 Å². The highest BCUT2D eigenvalue weighted by Gasteiger charge is 2.36. The maximum absolute atomic E-state index is 12.4. The van der Waals surface area contributed by atoms with Gasteiger partial charge in [-0.05, 0) is 24.8 Å². The van der Waals surface area contributed by atoms with E-state index in [2.05, 4.69) is 4.90 Å². The van der Waals surface area contributed by atoms with Crippen LogP contribution in [0.3, 0.4) is 0 Å². The minimum Gasteiger partial charge on any atom is -0.338 e. The summed E-state index contributed by atoms with van der Waals surface area (Å²) in [6, 6.07) is 0.191. The van der Waals surface area contributed by atoms with Gasteiger partial charge in [0, 0.05) is 25.7 Å². The van der Waals surface area contributed by atoms with E-state index in [9.17, 15) is 4.79 Å². The molecule has 2 fully saturated rings. The monoisotopic (exact) mass is 253 g/mol. The van der Waals surface area contributed by atoms with Crippen LogP contribution in [-0.2, 0) is 4.79 Å². The molecule has 4 heteroatoms. The lowest BCUT2D eigenvalue weighted by Gasteiger charge is -2.45. The zero-order valence-electron chi connectivity index (χ0n) is 12.0. The molecule has 1 amide bonds. The number of rotatable bonds is 1. The first-order chi connectivity index (χ1) is 8.39. The Morgan fingerprint density at radius 1 is 1.22 bits per heavy atom. The van der Waals surface area contributed by atoms with Crippen LogP contribution in [0.2, 0.25) is 0 Å². The number of fused-ring (bicyclic) bond motifs is 1. The number of nitrogens with zero attached hydrogens (tertiary/aromatic N) is 2. The van der Waals surface area contributed by atoms with Crippen molar-refractivity contribution >= 4 is 5.91 Å². The molecule has 4 nitrogen and oxygen atoms in total. The molecule has 2 aliphatic heterocycles. The number of carbonyl (C=O) groups is 1. The Bertz CT molecular complexity index is 311. The van der Waals surface area contributed by atoms with Gasteiger partial charge >= 0.3 is 0 Å². The first-order valence-corrected chi connectivity index (χ1v) is 7.18. The summed E-state index contributed by atoms with van der Waals surface area (Å²) in [6.07, 6.45) is 3.84. The second-order valence-corrected chi connectivity index (χ2v) is 6.81. The van der Waals surface area contributed by atoms with Crippen molar-refractivity contribution in [2.45, 2.75) is 52.1 Å². The lowest BCUT2D eigenvalue weighted by molar-refractivity contribution is -0.138. The van der Waals surface area contributed by atoms with Gasteiger partial charge in [0.05, 0.1) is 6.04 Å². The van der Waals surface area contributed by atoms with E-state index in [1.54, 1.807) is 0 Å². The van der Waals surface area contributed by atoms with E-state index in [1.165, 1.54) is 25.8 Å². The summed E-state index contributed by atoms with van der Waals surface area (Å²) in [5.41, 5.74) is 5.94. The molecule has 18 heavy (non-hydrogen) atoms. The maximum Gasteiger partial charge on any atom is 0.240 e. The smallest absolute Gasteiger partial charge is 0.240 e. The van der Waals surface area contributed by atoms with Gasteiger partial charge in [-0.3, -0.25) is 9.69 Å². The average Bonchev–Trinajstić information content (AvgIpc) is 2.35. The van der Waals surface area contributed by atoms with E-state index >= 15 is 0 Å². The van der Waals surface area contributed by atoms with E-state index in [-0.39, 0.29) is 17.4 Å². The molecular weight excluding hydrogens is 226 g/mol. The van der Waals surface area contributed by atoms with Crippen LogP contribution in [0.25, 0.3) is 0 Å². The lowest BCUT2D eigenvalue weighted by Crippen LogP contribution is -2.60. The van der Waals surface area contributed by atoms with Crippen molar-refractivity contribution in [3.8, 4) is 0 Å². The Morgan fingerprint density at radius 3 is 2.61 bits per heavy atom. The van der Waals surface area contributed by atoms with Crippen LogP contribution in [0.1, 0.15) is 40.0 Å². The number of amides is 1. The van der Waals surface area contributed by atoms with Gasteiger partial charge in [-0.2, -0.15) is 0 Å². The molecule has 2 rings (SSSR count). The number of hydrogen-bond donors (Lipinski definition) is 1. The van der Waals surface area contributed by atoms with Crippen LogP contribution in [0, 0.1) is 5.41 Å². The maximum atomic E-state index is 12.4. The number of carbonyl (C=O) groups excluding carboxylic acids is 1. The van der Waals surface area contributed by atoms with Crippen LogP contribution < -0.4 is 5.73 Å². The van der Waals surface area contributed by atoms with E-state index in [0.29, 0.717) is 6.04 Å². The number of piperidine rings is 1. The van der Waals surface area contributed by atoms with Crippen molar-refractivity contribution in [2.24, 2.45) is 11.1 Å². The predicted molar refractivity (Wildman–Crippen MR) is 73.2 cm³/mol. The molecule has 0 aromatic heterocycles. The molecule has 0 aromatic carbocycles. The molecule has 2 atom stereocenters. The van der Waals surface area contributed by atoms with Crippen molar-refractivity contribution in [3.05, 3.63) is 0 Å². The minimum absolute atomic E-state index is 0.132. The largest absolute Gasteiger partial charge is 0.338 e. The molecule has 104 valence electrons. The molecular formula is C14H27N3O. The molecule has 2 heterocycles. The molecule has 0 spiro atoms. The molecule has 0 bridgehead atoms. The third kappa shape index (κ3) is 2.86. The SMILES string of the molecule is CC(C)(C)[C@H](N)C(=O)N1CCN2CCCCC2C1. The standard InChI is InChI=1S/C14H27N3O/c1-14(2,3)12(15)13(18)17-9-8-16-7-5-4-6-11(16)10-17/h11-12H,4-10,15H2,1-3H3/t11?,12-/m1/s1. The topological polar surface area (TPSA) is 49.6 Å². The van der Waals surface area contributed by atoms with Crippen LogP contribution in [0.4, 0.5) is 0 Å². The van der Waals surface area contributed by atoms with Crippen LogP contribution in [0.15, 0.2) is 0 Å². The number of nitrogens with two attached hydrogens (primary N) is 1. The van der Waals surface area contributed by atoms with Crippen LogP contribution in [-0.4, -0.2) is 54.0 Å². The van der Waals surface area contributed by atoms with Gasteiger partial charge in [0.2, 0.25) is 5.91 Å². The summed E-state index contributed by atoms with van der Waals surface area (Å²) in [6.45, 7) is 10.1. The van der Waals surface area contributed by atoms with E-state index in [1.807, 2.05) is 25.7 Å². The molecule has 0 aromatic rings. The normalized spacial score (nSPS) is 27.8. The van der Waals surface area contributed by atoms with Crippen molar-refractivity contribution in [1.82, 2.24) is 9.80 Å². The van der Waals surface area contributed by atoms with Gasteiger partial charge in [-0.15, -0.1) is 0 Å². The fraction of sp³-hybridized carbons (Fsp3) is 0.929. The molecule has 2 saturated heterocycles. The Balaban J connectivity index is 1.96. The summed E-state index contributed by atoms with van der Waals surface area (Å²) in [7, 11) is 0. The van der Waals surface area contributed by atoms with Gasteiger partial charge in [-0.1, -0.05) is 27.2 Å². The third-order valence-corrected chi connectivity index (χ3v) is 4.35. The van der Waals surface area contributed by atoms with E-state index in [0.717, 1.165) is 19.6 Å². The van der Waals surface area contributed by atoms with Gasteiger partial charge in [0.1, 0.15) is 0 Å². The first kappa shape index (κ1) is 13.8. The highest BCUT2D eigenvalue weighted by molar-refractivity contribution is 5.82. The van der Waals surface area contributed by atoms with Crippen molar-refractivity contribution < 1.29 is 4.79 Å². The van der Waals surface area contributed by atoms with Crippen LogP contribution >= 0.6 is 0 Å². The molecule has 0 aliphatic carbocycles. The predicted octanol–water partition coefficient (Wildman–Crippen LogP) is 1.06. The minimum atomic E-state index is -0.382. The summed E-state index contributed by atoms with van der Waals surface area (Å²) in [5.74, 6) is 0.132. The second kappa shape index (κ2) is 5.17. The Hall–Kier alpha value is -0.610. The fourth-order valence-corrected chi connectivity index (χ4v) is 2.92. The lowest BCUT2D eigenvalue weighted by atomic mass is 9.86. The third-order valence-electron chi connectivity index (χ3n) is 4.35. The fourth-order valence-electron chi connectivity index (χ4n) is 2.92. The molecule has 0 radical (unpaired) electrons. The molecule has 0 saturated carbocycles. The summed E-state index contributed by atoms with van der Waals surface area (Å²) in [4.78, 5) is 16.9. The number of piperazine rings is 1. The van der Waals surface area contributed by atoms with Gasteiger partial charge in [0.25, 0.3) is 0 Å². The quantitative estimate of drug-likeness (QED) is 0.760. The van der Waals surface area contributed by atoms with E-state index < -0.39 is 0 Å². The summed E-state index contributed by atoms with van der Waals surface area (Å²) < 4.78 is 0.